The van der Waals surface area contributed by atoms with Gasteiger partial charge in [-0.1, -0.05) is 13.8 Å². The van der Waals surface area contributed by atoms with E-state index in [0.717, 1.165) is 13.8 Å². The summed E-state index contributed by atoms with van der Waals surface area (Å²) in [6.45, 7) is 6.05. The number of rotatable bonds is 2. The molecule has 0 aliphatic carbocycles. The molecule has 0 aliphatic heterocycles. The monoisotopic (exact) mass is 204 g/mol. The molecule has 0 aliphatic rings. The predicted molar refractivity (Wildman–Crippen MR) is 49.1 cm³/mol. The molecule has 0 amide bonds. The van der Waals surface area contributed by atoms with Crippen molar-refractivity contribution in [1.82, 2.24) is 0 Å². The minimum absolute atomic E-state index is 0.343. The number of ketones is 1. The molecular weight excluding hydrogens is 188 g/mol. The summed E-state index contributed by atoms with van der Waals surface area (Å²) in [5.41, 5.74) is 0. The topological polar surface area (TPSA) is 69.7 Å². The van der Waals surface area contributed by atoms with Gasteiger partial charge in [0.2, 0.25) is 0 Å². The van der Waals surface area contributed by atoms with Gasteiger partial charge in [0.25, 0.3) is 0 Å². The molecule has 0 saturated carbocycles. The highest BCUT2D eigenvalue weighted by Crippen LogP contribution is 1.83. The summed E-state index contributed by atoms with van der Waals surface area (Å²) in [7, 11) is 0. The van der Waals surface area contributed by atoms with Crippen molar-refractivity contribution in [3.05, 3.63) is 0 Å². The Balaban J connectivity index is 0. The van der Waals surface area contributed by atoms with Crippen LogP contribution in [0.1, 0.15) is 40.5 Å². The van der Waals surface area contributed by atoms with Crippen LogP contribution in [0.5, 0.6) is 0 Å². The number of hydrogen-bond acceptors (Lipinski definition) is 5. The Labute approximate surface area is 83.3 Å². The maximum Gasteiger partial charge on any atom is 0.352 e. The second kappa shape index (κ2) is 9.70. The molecule has 0 aromatic heterocycles. The van der Waals surface area contributed by atoms with Gasteiger partial charge in [0.05, 0.1) is 0 Å². The highest BCUT2D eigenvalue weighted by molar-refractivity contribution is 5.77. The number of Topliss-reactive ketones (excluding diaryl/α,β-unsaturated/α-hetero) is 1. The fourth-order valence-electron chi connectivity index (χ4n) is 0.367. The Morgan fingerprint density at radius 2 is 1.14 bits per heavy atom. The van der Waals surface area contributed by atoms with Crippen molar-refractivity contribution < 1.29 is 24.2 Å². The summed E-state index contributed by atoms with van der Waals surface area (Å²) in [4.78, 5) is 37.5. The van der Waals surface area contributed by atoms with Gasteiger partial charge < -0.3 is 0 Å². The summed E-state index contributed by atoms with van der Waals surface area (Å²) in [5.74, 6) is -0.935. The molecule has 5 heteroatoms. The van der Waals surface area contributed by atoms with Crippen LogP contribution in [-0.4, -0.2) is 17.7 Å². The zero-order chi connectivity index (χ0) is 11.6. The summed E-state index contributed by atoms with van der Waals surface area (Å²) in [6, 6.07) is 0. The van der Waals surface area contributed by atoms with Gasteiger partial charge in [-0.05, 0) is 0 Å². The van der Waals surface area contributed by atoms with E-state index in [4.69, 9.17) is 0 Å². The predicted octanol–water partition coefficient (Wildman–Crippen LogP) is 1.40. The van der Waals surface area contributed by atoms with Gasteiger partial charge in [0.1, 0.15) is 5.78 Å². The van der Waals surface area contributed by atoms with E-state index < -0.39 is 11.9 Å². The van der Waals surface area contributed by atoms with Crippen molar-refractivity contribution >= 4 is 17.7 Å². The summed E-state index contributed by atoms with van der Waals surface area (Å²) in [6.07, 6.45) is 1.38. The fourth-order valence-corrected chi connectivity index (χ4v) is 0.367. The minimum Gasteiger partial charge on any atom is -0.300 e. The van der Waals surface area contributed by atoms with Crippen molar-refractivity contribution in [3.8, 4) is 0 Å². The molecular formula is C9H16O5. The summed E-state index contributed by atoms with van der Waals surface area (Å²) in [5, 5.41) is 0. The molecule has 0 rings (SSSR count). The molecule has 0 aromatic rings. The van der Waals surface area contributed by atoms with Crippen LogP contribution in [0.15, 0.2) is 0 Å². The Kier molecular flexibility index (Phi) is 10.5. The molecule has 0 spiro atoms. The maximum atomic E-state index is 10.2. The van der Waals surface area contributed by atoms with Crippen molar-refractivity contribution in [2.45, 2.75) is 40.5 Å². The van der Waals surface area contributed by atoms with Crippen molar-refractivity contribution in [1.29, 1.82) is 0 Å². The van der Waals surface area contributed by atoms with Crippen LogP contribution in [0.4, 0.5) is 0 Å². The van der Waals surface area contributed by atoms with Gasteiger partial charge in [0, 0.05) is 26.7 Å². The molecule has 0 bridgehead atoms. The lowest BCUT2D eigenvalue weighted by atomic mass is 10.3. The first-order valence-electron chi connectivity index (χ1n) is 4.31. The minimum atomic E-state index is -0.639. The number of carbonyl (C=O) groups is 3. The Bertz CT molecular complexity index is 177. The van der Waals surface area contributed by atoms with Gasteiger partial charge in [-0.3, -0.25) is 4.79 Å². The highest BCUT2D eigenvalue weighted by Gasteiger charge is 1.95. The highest BCUT2D eigenvalue weighted by atomic mass is 17.2. The third-order valence-electron chi connectivity index (χ3n) is 1.07. The van der Waals surface area contributed by atoms with E-state index >= 15 is 0 Å². The molecule has 0 saturated heterocycles. The second-order valence-electron chi connectivity index (χ2n) is 2.40. The number of carbonyl (C=O) groups excluding carboxylic acids is 3. The first-order valence-corrected chi connectivity index (χ1v) is 4.31. The summed E-state index contributed by atoms with van der Waals surface area (Å²) >= 11 is 0. The van der Waals surface area contributed by atoms with Crippen molar-refractivity contribution in [3.63, 3.8) is 0 Å². The molecule has 82 valence electrons. The van der Waals surface area contributed by atoms with Gasteiger partial charge in [-0.15, -0.1) is 0 Å². The van der Waals surface area contributed by atoms with E-state index in [1.165, 1.54) is 0 Å². The summed E-state index contributed by atoms with van der Waals surface area (Å²) < 4.78 is 0. The fraction of sp³-hybridized carbons (Fsp3) is 0.667. The Hall–Kier alpha value is -1.39. The molecule has 0 unspecified atom stereocenters. The van der Waals surface area contributed by atoms with E-state index in [9.17, 15) is 14.4 Å². The SMILES string of the molecule is CC(=O)OOC(C)=O.CCC(=O)CC. The van der Waals surface area contributed by atoms with E-state index in [-0.39, 0.29) is 0 Å². The molecule has 0 heterocycles. The molecule has 0 radical (unpaired) electrons. The molecule has 0 N–H and O–H groups in total. The normalized spacial score (nSPS) is 8.00. The van der Waals surface area contributed by atoms with Crippen LogP contribution in [-0.2, 0) is 24.2 Å². The molecule has 0 fully saturated rings. The smallest absolute Gasteiger partial charge is 0.300 e. The van der Waals surface area contributed by atoms with Gasteiger partial charge in [0.15, 0.2) is 0 Å². The number of hydrogen-bond donors (Lipinski definition) is 0. The molecule has 14 heavy (non-hydrogen) atoms. The van der Waals surface area contributed by atoms with Gasteiger partial charge >= 0.3 is 11.9 Å². The Morgan fingerprint density at radius 1 is 0.857 bits per heavy atom. The Morgan fingerprint density at radius 3 is 1.21 bits per heavy atom. The van der Waals surface area contributed by atoms with E-state index in [2.05, 4.69) is 9.78 Å². The molecule has 5 nitrogen and oxygen atoms in total. The molecule has 0 aromatic carbocycles. The van der Waals surface area contributed by atoms with Crippen LogP contribution >= 0.6 is 0 Å². The van der Waals surface area contributed by atoms with Crippen LogP contribution in [0.3, 0.4) is 0 Å². The van der Waals surface area contributed by atoms with Crippen LogP contribution in [0.25, 0.3) is 0 Å². The van der Waals surface area contributed by atoms with E-state index in [0.29, 0.717) is 18.6 Å². The average molecular weight is 204 g/mol. The van der Waals surface area contributed by atoms with Crippen molar-refractivity contribution in [2.24, 2.45) is 0 Å². The van der Waals surface area contributed by atoms with Gasteiger partial charge in [-0.25, -0.2) is 19.4 Å². The quantitative estimate of drug-likeness (QED) is 0.502. The van der Waals surface area contributed by atoms with Crippen LogP contribution in [0.2, 0.25) is 0 Å². The lowest BCUT2D eigenvalue weighted by molar-refractivity contribution is -0.255. The van der Waals surface area contributed by atoms with E-state index in [1.807, 2.05) is 13.8 Å². The first-order chi connectivity index (χ1) is 6.43. The zero-order valence-corrected chi connectivity index (χ0v) is 8.96. The standard InChI is InChI=1S/C5H10O.C4H6O4/c1-3-5(6)4-2;1-3(5)7-8-4(2)6/h3-4H2,1-2H3;1-2H3. The third-order valence-corrected chi connectivity index (χ3v) is 1.07. The lowest BCUT2D eigenvalue weighted by Gasteiger charge is -1.93. The lowest BCUT2D eigenvalue weighted by Crippen LogP contribution is -2.03. The van der Waals surface area contributed by atoms with E-state index in [1.54, 1.807) is 0 Å². The van der Waals surface area contributed by atoms with Crippen molar-refractivity contribution in [2.75, 3.05) is 0 Å². The second-order valence-corrected chi connectivity index (χ2v) is 2.40. The van der Waals surface area contributed by atoms with Crippen LogP contribution in [0, 0.1) is 0 Å². The largest absolute Gasteiger partial charge is 0.352 e. The van der Waals surface area contributed by atoms with Crippen LogP contribution < -0.4 is 0 Å². The zero-order valence-electron chi connectivity index (χ0n) is 8.96. The first kappa shape index (κ1) is 15.1. The van der Waals surface area contributed by atoms with Gasteiger partial charge in [-0.2, -0.15) is 0 Å². The average Bonchev–Trinajstić information content (AvgIpc) is 2.14. The third kappa shape index (κ3) is 16.9. The maximum absolute atomic E-state index is 10.2. The molecule has 0 atom stereocenters.